The number of nitrogens with zero attached hydrogens (tertiary/aromatic N) is 1. The van der Waals surface area contributed by atoms with Crippen LogP contribution in [0.4, 0.5) is 5.69 Å². The smallest absolute Gasteiger partial charge is 0.243 e. The average Bonchev–Trinajstić information content (AvgIpc) is 3.29. The lowest BCUT2D eigenvalue weighted by molar-refractivity contribution is -0.135. The Morgan fingerprint density at radius 2 is 1.77 bits per heavy atom. The summed E-state index contributed by atoms with van der Waals surface area (Å²) in [6.07, 6.45) is 1.89. The second-order valence-electron chi connectivity index (χ2n) is 5.57. The molecule has 0 spiro atoms. The number of rotatable bonds is 6. The van der Waals surface area contributed by atoms with Crippen LogP contribution in [-0.2, 0) is 14.4 Å². The molecule has 3 amide bonds. The van der Waals surface area contributed by atoms with Gasteiger partial charge in [0, 0.05) is 18.7 Å². The van der Waals surface area contributed by atoms with E-state index in [4.69, 9.17) is 0 Å². The van der Waals surface area contributed by atoms with Gasteiger partial charge in [-0.3, -0.25) is 14.4 Å². The van der Waals surface area contributed by atoms with Crippen molar-refractivity contribution in [2.24, 2.45) is 0 Å². The molecular weight excluding hydrogens is 282 g/mol. The highest BCUT2D eigenvalue weighted by molar-refractivity contribution is 5.95. The molecule has 0 radical (unpaired) electrons. The van der Waals surface area contributed by atoms with E-state index < -0.39 is 0 Å². The monoisotopic (exact) mass is 303 g/mol. The molecule has 2 rings (SSSR count). The largest absolute Gasteiger partial charge is 0.345 e. The minimum Gasteiger partial charge on any atom is -0.345 e. The lowest BCUT2D eigenvalue weighted by atomic mass is 10.2. The number of carbonyl (C=O) groups excluding carboxylic acids is 3. The van der Waals surface area contributed by atoms with Crippen LogP contribution in [0.15, 0.2) is 24.3 Å². The third kappa shape index (κ3) is 4.87. The molecule has 0 heterocycles. The van der Waals surface area contributed by atoms with E-state index >= 15 is 0 Å². The molecule has 1 aromatic rings. The number of anilines is 1. The number of hydrogen-bond acceptors (Lipinski definition) is 3. The molecular formula is C16H21N3O3. The van der Waals surface area contributed by atoms with E-state index in [0.717, 1.165) is 18.4 Å². The maximum atomic E-state index is 11.8. The molecule has 6 nitrogen and oxygen atoms in total. The van der Waals surface area contributed by atoms with Crippen LogP contribution in [0.1, 0.15) is 25.3 Å². The van der Waals surface area contributed by atoms with Crippen LogP contribution in [-0.4, -0.2) is 41.8 Å². The Hall–Kier alpha value is -2.37. The Kier molecular flexibility index (Phi) is 5.14. The molecule has 0 aromatic heterocycles. The van der Waals surface area contributed by atoms with Crippen molar-refractivity contribution in [1.29, 1.82) is 0 Å². The highest BCUT2D eigenvalue weighted by Gasteiger charge is 2.31. The molecule has 1 aliphatic rings. The lowest BCUT2D eigenvalue weighted by Gasteiger charge is -2.19. The quantitative estimate of drug-likeness (QED) is 0.825. The molecule has 0 saturated heterocycles. The molecule has 1 fully saturated rings. The van der Waals surface area contributed by atoms with Gasteiger partial charge in [-0.1, -0.05) is 17.7 Å². The summed E-state index contributed by atoms with van der Waals surface area (Å²) >= 11 is 0. The fraction of sp³-hybridized carbons (Fsp3) is 0.438. The summed E-state index contributed by atoms with van der Waals surface area (Å²) in [6.45, 7) is 3.32. The van der Waals surface area contributed by atoms with Crippen molar-refractivity contribution in [3.63, 3.8) is 0 Å². The molecule has 0 bridgehead atoms. The highest BCUT2D eigenvalue weighted by atomic mass is 16.2. The number of hydrogen-bond donors (Lipinski definition) is 2. The van der Waals surface area contributed by atoms with Crippen LogP contribution >= 0.6 is 0 Å². The van der Waals surface area contributed by atoms with E-state index in [1.54, 1.807) is 17.0 Å². The van der Waals surface area contributed by atoms with Crippen LogP contribution in [0.25, 0.3) is 0 Å². The van der Waals surface area contributed by atoms with Gasteiger partial charge in [0.15, 0.2) is 0 Å². The van der Waals surface area contributed by atoms with Gasteiger partial charge in [0.1, 0.15) is 0 Å². The summed E-state index contributed by atoms with van der Waals surface area (Å²) in [7, 11) is 0. The molecule has 1 aliphatic carbocycles. The van der Waals surface area contributed by atoms with E-state index in [1.165, 1.54) is 6.92 Å². The molecule has 2 N–H and O–H groups in total. The maximum Gasteiger partial charge on any atom is 0.243 e. The SMILES string of the molecule is CC(=O)N(CC(=O)NCC(=O)Nc1ccc(C)cc1)C1CC1. The summed E-state index contributed by atoms with van der Waals surface area (Å²) in [5.41, 5.74) is 1.80. The van der Waals surface area contributed by atoms with Gasteiger partial charge in [-0.05, 0) is 31.9 Å². The van der Waals surface area contributed by atoms with Gasteiger partial charge in [0.25, 0.3) is 0 Å². The number of amides is 3. The molecule has 0 unspecified atom stereocenters. The molecule has 6 heteroatoms. The number of aryl methyl sites for hydroxylation is 1. The third-order valence-electron chi connectivity index (χ3n) is 3.49. The molecule has 0 atom stereocenters. The van der Waals surface area contributed by atoms with Gasteiger partial charge in [0.2, 0.25) is 17.7 Å². The Morgan fingerprint density at radius 1 is 1.14 bits per heavy atom. The predicted molar refractivity (Wildman–Crippen MR) is 83.2 cm³/mol. The predicted octanol–water partition coefficient (Wildman–Crippen LogP) is 1.06. The molecule has 1 aromatic carbocycles. The average molecular weight is 303 g/mol. The first-order valence-corrected chi connectivity index (χ1v) is 7.36. The third-order valence-corrected chi connectivity index (χ3v) is 3.49. The van der Waals surface area contributed by atoms with Crippen molar-refractivity contribution >= 4 is 23.4 Å². The van der Waals surface area contributed by atoms with Crippen LogP contribution in [0.5, 0.6) is 0 Å². The Bertz CT molecular complexity index is 565. The number of benzene rings is 1. The van der Waals surface area contributed by atoms with Crippen molar-refractivity contribution in [2.75, 3.05) is 18.4 Å². The Morgan fingerprint density at radius 3 is 2.32 bits per heavy atom. The normalized spacial score (nSPS) is 13.4. The van der Waals surface area contributed by atoms with Crippen molar-refractivity contribution < 1.29 is 14.4 Å². The van der Waals surface area contributed by atoms with E-state index in [-0.39, 0.29) is 36.9 Å². The zero-order valence-corrected chi connectivity index (χ0v) is 12.9. The van der Waals surface area contributed by atoms with E-state index in [0.29, 0.717) is 5.69 Å². The minimum atomic E-state index is -0.318. The van der Waals surface area contributed by atoms with Crippen molar-refractivity contribution in [3.05, 3.63) is 29.8 Å². The Balaban J connectivity index is 1.74. The first kappa shape index (κ1) is 16.0. The number of carbonyl (C=O) groups is 3. The molecule has 1 saturated carbocycles. The van der Waals surface area contributed by atoms with Crippen molar-refractivity contribution in [1.82, 2.24) is 10.2 Å². The fourth-order valence-electron chi connectivity index (χ4n) is 2.12. The van der Waals surface area contributed by atoms with Gasteiger partial charge in [-0.25, -0.2) is 0 Å². The summed E-state index contributed by atoms with van der Waals surface area (Å²) in [5.74, 6) is -0.721. The van der Waals surface area contributed by atoms with Gasteiger partial charge >= 0.3 is 0 Å². The van der Waals surface area contributed by atoms with Crippen LogP contribution in [0, 0.1) is 6.92 Å². The zero-order valence-electron chi connectivity index (χ0n) is 12.9. The summed E-state index contributed by atoms with van der Waals surface area (Å²) in [4.78, 5) is 36.6. The summed E-state index contributed by atoms with van der Waals surface area (Å²) in [5, 5.41) is 5.24. The first-order chi connectivity index (χ1) is 10.5. The maximum absolute atomic E-state index is 11.8. The summed E-state index contributed by atoms with van der Waals surface area (Å²) < 4.78 is 0. The highest BCUT2D eigenvalue weighted by Crippen LogP contribution is 2.26. The summed E-state index contributed by atoms with van der Waals surface area (Å²) in [6, 6.07) is 7.59. The lowest BCUT2D eigenvalue weighted by Crippen LogP contribution is -2.43. The van der Waals surface area contributed by atoms with Crippen molar-refractivity contribution in [2.45, 2.75) is 32.7 Å². The fourth-order valence-corrected chi connectivity index (χ4v) is 2.12. The second kappa shape index (κ2) is 7.06. The van der Waals surface area contributed by atoms with Gasteiger partial charge < -0.3 is 15.5 Å². The Labute approximate surface area is 129 Å². The number of nitrogens with one attached hydrogen (secondary N) is 2. The zero-order chi connectivity index (χ0) is 16.1. The molecule has 22 heavy (non-hydrogen) atoms. The standard InChI is InChI=1S/C16H21N3O3/c1-11-3-5-13(6-4-11)18-15(21)9-17-16(22)10-19(12(2)20)14-7-8-14/h3-6,14H,7-10H2,1-2H3,(H,17,22)(H,18,21). The molecule has 118 valence electrons. The van der Waals surface area contributed by atoms with E-state index in [1.807, 2.05) is 19.1 Å². The minimum absolute atomic E-state index is 0.0117. The van der Waals surface area contributed by atoms with Crippen LogP contribution in [0.3, 0.4) is 0 Å². The van der Waals surface area contributed by atoms with Crippen molar-refractivity contribution in [3.8, 4) is 0 Å². The topological polar surface area (TPSA) is 78.5 Å². The first-order valence-electron chi connectivity index (χ1n) is 7.36. The van der Waals surface area contributed by atoms with Gasteiger partial charge in [-0.15, -0.1) is 0 Å². The van der Waals surface area contributed by atoms with Crippen LogP contribution < -0.4 is 10.6 Å². The van der Waals surface area contributed by atoms with Gasteiger partial charge in [0.05, 0.1) is 13.1 Å². The second-order valence-corrected chi connectivity index (χ2v) is 5.57. The van der Waals surface area contributed by atoms with E-state index in [2.05, 4.69) is 10.6 Å². The van der Waals surface area contributed by atoms with Crippen LogP contribution in [0.2, 0.25) is 0 Å². The van der Waals surface area contributed by atoms with Gasteiger partial charge in [-0.2, -0.15) is 0 Å². The molecule has 0 aliphatic heterocycles. The van der Waals surface area contributed by atoms with E-state index in [9.17, 15) is 14.4 Å².